The minimum absolute atomic E-state index is 0.170. The van der Waals surface area contributed by atoms with Gasteiger partial charge in [0.2, 0.25) is 0 Å². The Labute approximate surface area is 107 Å². The van der Waals surface area contributed by atoms with Gasteiger partial charge >= 0.3 is 0 Å². The van der Waals surface area contributed by atoms with E-state index in [2.05, 4.69) is 25.2 Å². The molecule has 0 saturated heterocycles. The number of nitriles is 1. The Hall–Kier alpha value is -2.05. The summed E-state index contributed by atoms with van der Waals surface area (Å²) in [7, 11) is 0. The Morgan fingerprint density at radius 3 is 2.44 bits per heavy atom. The number of rotatable bonds is 3. The van der Waals surface area contributed by atoms with Crippen molar-refractivity contribution in [3.05, 3.63) is 42.0 Å². The van der Waals surface area contributed by atoms with Crippen molar-refractivity contribution in [1.29, 1.82) is 5.26 Å². The van der Waals surface area contributed by atoms with E-state index < -0.39 is 0 Å². The van der Waals surface area contributed by atoms with Crippen molar-refractivity contribution in [3.8, 4) is 6.07 Å². The van der Waals surface area contributed by atoms with E-state index >= 15 is 0 Å². The topological polar surface area (TPSA) is 61.8 Å². The minimum atomic E-state index is -0.170. The quantitative estimate of drug-likeness (QED) is 0.865. The van der Waals surface area contributed by atoms with Crippen molar-refractivity contribution in [2.75, 3.05) is 11.9 Å². The molecular formula is C15H17N3. The Kier molecular flexibility index (Phi) is 3.22. The molecule has 0 aromatic heterocycles. The fourth-order valence-electron chi connectivity index (χ4n) is 1.92. The van der Waals surface area contributed by atoms with Gasteiger partial charge in [-0.15, -0.1) is 0 Å². The third kappa shape index (κ3) is 2.29. The van der Waals surface area contributed by atoms with Gasteiger partial charge in [0, 0.05) is 28.5 Å². The molecule has 2 aromatic rings. The van der Waals surface area contributed by atoms with Gasteiger partial charge in [-0.25, -0.2) is 0 Å². The molecule has 0 atom stereocenters. The number of hydrogen-bond acceptors (Lipinski definition) is 3. The van der Waals surface area contributed by atoms with Crippen molar-refractivity contribution in [1.82, 2.24) is 0 Å². The van der Waals surface area contributed by atoms with E-state index in [4.69, 9.17) is 11.0 Å². The Morgan fingerprint density at radius 2 is 1.83 bits per heavy atom. The van der Waals surface area contributed by atoms with Gasteiger partial charge in [0.1, 0.15) is 0 Å². The maximum atomic E-state index is 9.11. The van der Waals surface area contributed by atoms with Crippen LogP contribution in [-0.4, -0.2) is 12.1 Å². The van der Waals surface area contributed by atoms with E-state index in [-0.39, 0.29) is 5.54 Å². The van der Waals surface area contributed by atoms with E-state index in [1.807, 2.05) is 36.4 Å². The third-order valence-electron chi connectivity index (χ3n) is 3.03. The molecule has 0 saturated carbocycles. The first-order valence-electron chi connectivity index (χ1n) is 5.97. The van der Waals surface area contributed by atoms with E-state index in [1.54, 1.807) is 0 Å². The van der Waals surface area contributed by atoms with Crippen LogP contribution in [0.3, 0.4) is 0 Å². The average molecular weight is 239 g/mol. The van der Waals surface area contributed by atoms with Crippen LogP contribution >= 0.6 is 0 Å². The number of fused-ring (bicyclic) bond motifs is 1. The number of anilines is 1. The average Bonchev–Trinajstić information content (AvgIpc) is 2.39. The molecule has 0 fully saturated rings. The summed E-state index contributed by atoms with van der Waals surface area (Å²) >= 11 is 0. The fourth-order valence-corrected chi connectivity index (χ4v) is 1.92. The molecule has 0 aliphatic carbocycles. The van der Waals surface area contributed by atoms with E-state index in [0.717, 1.165) is 16.5 Å². The Morgan fingerprint density at radius 1 is 1.17 bits per heavy atom. The van der Waals surface area contributed by atoms with E-state index in [1.165, 1.54) is 0 Å². The molecule has 0 amide bonds. The standard InChI is InChI=1S/C15H17N3/c1-15(2,10-17)18-14-8-7-11(9-16)12-5-3-4-6-13(12)14/h3-8,18H,10,17H2,1-2H3. The lowest BCUT2D eigenvalue weighted by Gasteiger charge is -2.26. The fraction of sp³-hybridized carbons (Fsp3) is 0.267. The lowest BCUT2D eigenvalue weighted by molar-refractivity contribution is 0.581. The molecule has 18 heavy (non-hydrogen) atoms. The van der Waals surface area contributed by atoms with Gasteiger partial charge in [0.05, 0.1) is 11.6 Å². The molecule has 0 spiro atoms. The summed E-state index contributed by atoms with van der Waals surface area (Å²) < 4.78 is 0. The van der Waals surface area contributed by atoms with Gasteiger partial charge in [-0.3, -0.25) is 0 Å². The largest absolute Gasteiger partial charge is 0.378 e. The molecule has 0 bridgehead atoms. The van der Waals surface area contributed by atoms with Crippen LogP contribution in [0.2, 0.25) is 0 Å². The summed E-state index contributed by atoms with van der Waals surface area (Å²) in [5, 5.41) is 14.6. The first-order chi connectivity index (χ1) is 8.57. The lowest BCUT2D eigenvalue weighted by Crippen LogP contribution is -2.39. The lowest BCUT2D eigenvalue weighted by atomic mass is 10.0. The number of hydrogen-bond donors (Lipinski definition) is 2. The zero-order valence-electron chi connectivity index (χ0n) is 10.7. The highest BCUT2D eigenvalue weighted by atomic mass is 15.0. The summed E-state index contributed by atoms with van der Waals surface area (Å²) in [6, 6.07) is 13.9. The van der Waals surface area contributed by atoms with Gasteiger partial charge in [-0.05, 0) is 26.0 Å². The maximum Gasteiger partial charge on any atom is 0.0998 e. The van der Waals surface area contributed by atoms with Crippen molar-refractivity contribution in [3.63, 3.8) is 0 Å². The molecule has 0 heterocycles. The molecule has 2 aromatic carbocycles. The Bertz CT molecular complexity index is 609. The molecular weight excluding hydrogens is 222 g/mol. The molecule has 0 aliphatic heterocycles. The molecule has 92 valence electrons. The zero-order valence-corrected chi connectivity index (χ0v) is 10.7. The predicted octanol–water partition coefficient (Wildman–Crippen LogP) is 2.86. The first-order valence-corrected chi connectivity index (χ1v) is 5.97. The summed E-state index contributed by atoms with van der Waals surface area (Å²) in [5.74, 6) is 0. The normalized spacial score (nSPS) is 11.2. The van der Waals surface area contributed by atoms with Crippen LogP contribution in [0.1, 0.15) is 19.4 Å². The highest BCUT2D eigenvalue weighted by molar-refractivity contribution is 5.97. The molecule has 0 unspecified atom stereocenters. The highest BCUT2D eigenvalue weighted by Crippen LogP contribution is 2.28. The summed E-state index contributed by atoms with van der Waals surface area (Å²) in [6.45, 7) is 4.65. The molecule has 0 aliphatic rings. The predicted molar refractivity (Wildman–Crippen MR) is 75.4 cm³/mol. The molecule has 3 heteroatoms. The molecule has 3 nitrogen and oxygen atoms in total. The van der Waals surface area contributed by atoms with Crippen LogP contribution in [0.25, 0.3) is 10.8 Å². The SMILES string of the molecule is CC(C)(CN)Nc1ccc(C#N)c2ccccc12. The maximum absolute atomic E-state index is 9.11. The monoisotopic (exact) mass is 239 g/mol. The summed E-state index contributed by atoms with van der Waals surface area (Å²) in [4.78, 5) is 0. The van der Waals surface area contributed by atoms with Crippen LogP contribution in [0, 0.1) is 11.3 Å². The molecule has 0 radical (unpaired) electrons. The number of nitrogens with two attached hydrogens (primary N) is 1. The first kappa shape index (κ1) is 12.4. The second kappa shape index (κ2) is 4.67. The number of nitrogens with one attached hydrogen (secondary N) is 1. The van der Waals surface area contributed by atoms with Gasteiger partial charge in [-0.2, -0.15) is 5.26 Å². The van der Waals surface area contributed by atoms with Crippen molar-refractivity contribution < 1.29 is 0 Å². The van der Waals surface area contributed by atoms with Crippen LogP contribution < -0.4 is 11.1 Å². The highest BCUT2D eigenvalue weighted by Gasteiger charge is 2.16. The molecule has 3 N–H and O–H groups in total. The van der Waals surface area contributed by atoms with Crippen LogP contribution in [0.5, 0.6) is 0 Å². The second-order valence-electron chi connectivity index (χ2n) is 5.03. The van der Waals surface area contributed by atoms with Crippen molar-refractivity contribution >= 4 is 16.5 Å². The van der Waals surface area contributed by atoms with E-state index in [0.29, 0.717) is 12.1 Å². The van der Waals surface area contributed by atoms with Gasteiger partial charge in [0.15, 0.2) is 0 Å². The third-order valence-corrected chi connectivity index (χ3v) is 3.03. The van der Waals surface area contributed by atoms with E-state index in [9.17, 15) is 0 Å². The van der Waals surface area contributed by atoms with Crippen molar-refractivity contribution in [2.45, 2.75) is 19.4 Å². The van der Waals surface area contributed by atoms with Gasteiger partial charge < -0.3 is 11.1 Å². The summed E-state index contributed by atoms with van der Waals surface area (Å²) in [5.41, 5.74) is 7.28. The Balaban J connectivity index is 2.57. The smallest absolute Gasteiger partial charge is 0.0998 e. The molecule has 2 rings (SSSR count). The number of benzene rings is 2. The van der Waals surface area contributed by atoms with Crippen LogP contribution in [0.15, 0.2) is 36.4 Å². The van der Waals surface area contributed by atoms with Gasteiger partial charge in [0.25, 0.3) is 0 Å². The second-order valence-corrected chi connectivity index (χ2v) is 5.03. The summed E-state index contributed by atoms with van der Waals surface area (Å²) in [6.07, 6.45) is 0. The van der Waals surface area contributed by atoms with Crippen molar-refractivity contribution in [2.24, 2.45) is 5.73 Å². The minimum Gasteiger partial charge on any atom is -0.378 e. The van der Waals surface area contributed by atoms with Gasteiger partial charge in [-0.1, -0.05) is 24.3 Å². The van der Waals surface area contributed by atoms with Crippen LogP contribution in [-0.2, 0) is 0 Å². The van der Waals surface area contributed by atoms with Crippen LogP contribution in [0.4, 0.5) is 5.69 Å². The zero-order chi connectivity index (χ0) is 13.2. The number of nitrogens with zero attached hydrogens (tertiary/aromatic N) is 1.